The summed E-state index contributed by atoms with van der Waals surface area (Å²) in [4.78, 5) is 0. The molecule has 0 radical (unpaired) electrons. The fourth-order valence-electron chi connectivity index (χ4n) is 15.0. The van der Waals surface area contributed by atoms with Gasteiger partial charge in [-0.2, -0.15) is 17.5 Å². The van der Waals surface area contributed by atoms with E-state index in [0.29, 0.717) is 22.3 Å². The Bertz CT molecular complexity index is 2390. The first kappa shape index (κ1) is 67.6. The lowest BCUT2D eigenvalue weighted by Gasteiger charge is -2.35. The second-order valence-electron chi connectivity index (χ2n) is 25.9. The maximum atomic E-state index is 19.8. The topological polar surface area (TPSA) is 51.6 Å². The standard InChI is InChI=1S/C72H110Br2F2N4S2/c1-5-9-13-17-21-25-29-33-37-41-45-49-71(50-46-42-38-34-30-26-22-18-14-10-6-2)55-53-57(73)67-69(79-81-77-67)59(55)61-63(71)65(75)62-60-56(54-58(74)68-70(60)80-82-78-68)72(64(62)66(61)76,51-47-43-39-35-31-27-23-19-15-11-7-3)52-48-44-40-36-32-28-24-20-16-12-8-4/h53-54H,5-52H2,1-4H3. The summed E-state index contributed by atoms with van der Waals surface area (Å²) >= 11 is 10.4. The molecule has 0 bridgehead atoms. The van der Waals surface area contributed by atoms with E-state index in [9.17, 15) is 0 Å². The van der Waals surface area contributed by atoms with Crippen LogP contribution in [0.25, 0.3) is 44.3 Å². The zero-order valence-electron chi connectivity index (χ0n) is 52.2. The third kappa shape index (κ3) is 17.7. The van der Waals surface area contributed by atoms with E-state index in [4.69, 9.17) is 17.5 Å². The molecule has 3 aromatic carbocycles. The van der Waals surface area contributed by atoms with Gasteiger partial charge in [-0.3, -0.25) is 0 Å². The largest absolute Gasteiger partial charge is 0.206 e. The SMILES string of the molecule is CCCCCCCCCCCCCC1(CCCCCCCCCCCCC)c2cc(Br)c3nsnc3c2-c2c(F)c3c(c(F)c21)-c1c(cc(Br)c2nsnc12)C3(CCCCCCCCCCCCC)CCCCCCCCCCCCC. The van der Waals surface area contributed by atoms with Gasteiger partial charge in [0.15, 0.2) is 0 Å². The number of unbranched alkanes of at least 4 members (excludes halogenated alkanes) is 40. The van der Waals surface area contributed by atoms with Gasteiger partial charge < -0.3 is 0 Å². The fraction of sp³-hybridized carbons (Fsp3) is 0.750. The molecule has 2 heterocycles. The number of aromatic nitrogens is 4. The first-order valence-corrected chi connectivity index (χ1v) is 37.8. The van der Waals surface area contributed by atoms with Crippen LogP contribution in [0.3, 0.4) is 0 Å². The molecule has 0 saturated carbocycles. The van der Waals surface area contributed by atoms with Crippen LogP contribution in [0, 0.1) is 11.6 Å². The number of rotatable bonds is 48. The number of hydrogen-bond acceptors (Lipinski definition) is 6. The van der Waals surface area contributed by atoms with Crippen molar-refractivity contribution in [1.29, 1.82) is 0 Å². The summed E-state index contributed by atoms with van der Waals surface area (Å²) in [6, 6.07) is 4.47. The summed E-state index contributed by atoms with van der Waals surface area (Å²) in [5.41, 5.74) is 7.44. The van der Waals surface area contributed by atoms with E-state index in [1.165, 1.54) is 255 Å². The molecule has 0 atom stereocenters. The minimum atomic E-state index is -0.713. The number of benzene rings is 3. The van der Waals surface area contributed by atoms with Gasteiger partial charge in [0.2, 0.25) is 0 Å². The maximum Gasteiger partial charge on any atom is 0.136 e. The molecule has 7 rings (SSSR count). The highest BCUT2D eigenvalue weighted by Crippen LogP contribution is 2.65. The average molecular weight is 1290 g/mol. The van der Waals surface area contributed by atoms with Crippen LogP contribution in [0.1, 0.15) is 358 Å². The van der Waals surface area contributed by atoms with Crippen molar-refractivity contribution < 1.29 is 8.78 Å². The van der Waals surface area contributed by atoms with Crippen LogP contribution in [0.4, 0.5) is 8.78 Å². The van der Waals surface area contributed by atoms with E-state index in [1.54, 1.807) is 0 Å². The molecule has 0 N–H and O–H groups in total. The van der Waals surface area contributed by atoms with Crippen LogP contribution < -0.4 is 0 Å². The molecular formula is C72H110Br2F2N4S2. The molecule has 2 aromatic heterocycles. The third-order valence-electron chi connectivity index (χ3n) is 19.7. The first-order chi connectivity index (χ1) is 40.3. The van der Waals surface area contributed by atoms with Gasteiger partial charge in [-0.05, 0) is 80.8 Å². The van der Waals surface area contributed by atoms with Crippen LogP contribution in [0.15, 0.2) is 21.1 Å². The second kappa shape index (κ2) is 37.1. The van der Waals surface area contributed by atoms with Crippen molar-refractivity contribution in [3.63, 3.8) is 0 Å². The minimum Gasteiger partial charge on any atom is -0.206 e. The van der Waals surface area contributed by atoms with Crippen LogP contribution in [0.2, 0.25) is 0 Å². The summed E-state index contributed by atoms with van der Waals surface area (Å²) in [7, 11) is 0. The van der Waals surface area contributed by atoms with E-state index in [0.717, 1.165) is 130 Å². The Hall–Kier alpha value is -1.88. The first-order valence-electron chi connectivity index (χ1n) is 34.8. The van der Waals surface area contributed by atoms with Crippen molar-refractivity contribution in [1.82, 2.24) is 17.5 Å². The van der Waals surface area contributed by atoms with Gasteiger partial charge in [0.1, 0.15) is 33.7 Å². The predicted octanol–water partition coefficient (Wildman–Crippen LogP) is 26.8. The minimum absolute atomic E-state index is 0.209. The Morgan fingerprint density at radius 2 is 0.512 bits per heavy atom. The summed E-state index contributed by atoms with van der Waals surface area (Å²) < 4.78 is 61.1. The van der Waals surface area contributed by atoms with Crippen molar-refractivity contribution in [2.45, 2.75) is 347 Å². The fourth-order valence-corrected chi connectivity index (χ4v) is 17.4. The molecule has 10 heteroatoms. The highest BCUT2D eigenvalue weighted by atomic mass is 79.9. The quantitative estimate of drug-likeness (QED) is 0.0364. The monoisotopic (exact) mass is 1290 g/mol. The van der Waals surface area contributed by atoms with Crippen molar-refractivity contribution >= 4 is 77.4 Å². The highest BCUT2D eigenvalue weighted by Gasteiger charge is 2.54. The van der Waals surface area contributed by atoms with Gasteiger partial charge in [0, 0.05) is 53.2 Å². The highest BCUT2D eigenvalue weighted by molar-refractivity contribution is 9.11. The molecule has 0 fully saturated rings. The summed E-state index contributed by atoms with van der Waals surface area (Å²) in [5, 5.41) is 0. The lowest BCUT2D eigenvalue weighted by atomic mass is 9.68. The van der Waals surface area contributed by atoms with Crippen molar-refractivity contribution in [3.05, 3.63) is 55.0 Å². The molecule has 0 saturated heterocycles. The zero-order chi connectivity index (χ0) is 57.8. The Balaban J connectivity index is 1.27. The van der Waals surface area contributed by atoms with Crippen LogP contribution in [-0.4, -0.2) is 17.5 Å². The predicted molar refractivity (Wildman–Crippen MR) is 360 cm³/mol. The summed E-state index contributed by atoms with van der Waals surface area (Å²) in [6.07, 6.45) is 58.2. The third-order valence-corrected chi connectivity index (χ3v) is 21.9. The summed E-state index contributed by atoms with van der Waals surface area (Å²) in [6.45, 7) is 9.17. The van der Waals surface area contributed by atoms with Crippen molar-refractivity contribution in [3.8, 4) is 22.3 Å². The van der Waals surface area contributed by atoms with E-state index < -0.39 is 10.8 Å². The average Bonchev–Trinajstić information content (AvgIpc) is 2.37. The summed E-state index contributed by atoms with van der Waals surface area (Å²) in [5.74, 6) is -0.419. The zero-order valence-corrected chi connectivity index (χ0v) is 57.0. The van der Waals surface area contributed by atoms with E-state index in [2.05, 4.69) is 71.7 Å². The molecule has 0 aliphatic heterocycles. The van der Waals surface area contributed by atoms with E-state index >= 15 is 8.78 Å². The number of hydrogen-bond donors (Lipinski definition) is 0. The van der Waals surface area contributed by atoms with Crippen molar-refractivity contribution in [2.24, 2.45) is 0 Å². The number of halogens is 4. The molecule has 0 spiro atoms. The molecule has 2 aliphatic rings. The van der Waals surface area contributed by atoms with Crippen LogP contribution in [0.5, 0.6) is 0 Å². The molecule has 0 unspecified atom stereocenters. The van der Waals surface area contributed by atoms with Crippen LogP contribution in [-0.2, 0) is 10.8 Å². The normalized spacial score (nSPS) is 14.0. The number of nitrogens with zero attached hydrogens (tertiary/aromatic N) is 4. The molecular weight excluding hydrogens is 1180 g/mol. The van der Waals surface area contributed by atoms with Gasteiger partial charge in [-0.25, -0.2) is 8.78 Å². The Morgan fingerprint density at radius 1 is 0.305 bits per heavy atom. The van der Waals surface area contributed by atoms with Gasteiger partial charge >= 0.3 is 0 Å². The van der Waals surface area contributed by atoms with Gasteiger partial charge in [-0.1, -0.05) is 310 Å². The van der Waals surface area contributed by atoms with E-state index in [1.807, 2.05) is 0 Å². The molecule has 2 aliphatic carbocycles. The smallest absolute Gasteiger partial charge is 0.136 e. The lowest BCUT2D eigenvalue weighted by Crippen LogP contribution is -2.29. The molecule has 5 aromatic rings. The van der Waals surface area contributed by atoms with E-state index in [-0.39, 0.29) is 11.6 Å². The molecule has 458 valence electrons. The molecule has 82 heavy (non-hydrogen) atoms. The number of fused-ring (bicyclic) bond motifs is 10. The van der Waals surface area contributed by atoms with Gasteiger partial charge in [-0.15, -0.1) is 0 Å². The van der Waals surface area contributed by atoms with Crippen molar-refractivity contribution in [2.75, 3.05) is 0 Å². The Morgan fingerprint density at radius 3 is 0.744 bits per heavy atom. The molecule has 4 nitrogen and oxygen atoms in total. The lowest BCUT2D eigenvalue weighted by molar-refractivity contribution is 0.374. The van der Waals surface area contributed by atoms with Crippen LogP contribution >= 0.6 is 55.3 Å². The molecule has 0 amide bonds. The Kier molecular flexibility index (Phi) is 30.6. The van der Waals surface area contributed by atoms with Gasteiger partial charge in [0.25, 0.3) is 0 Å². The maximum absolute atomic E-state index is 19.8. The van der Waals surface area contributed by atoms with Gasteiger partial charge in [0.05, 0.1) is 23.5 Å². The Labute approximate surface area is 523 Å². The second-order valence-corrected chi connectivity index (χ2v) is 28.7.